The summed E-state index contributed by atoms with van der Waals surface area (Å²) in [6.45, 7) is 0.832. The van der Waals surface area contributed by atoms with Crippen LogP contribution < -0.4 is 10.1 Å². The fraction of sp³-hybridized carbons (Fsp3) is 0.400. The Hall–Kier alpha value is -0.650. The van der Waals surface area contributed by atoms with E-state index in [0.29, 0.717) is 23.1 Å². The lowest BCUT2D eigenvalue weighted by atomic mass is 9.87. The number of hydrogen-bond donors (Lipinski definition) is 2. The molecule has 1 fully saturated rings. The second-order valence-corrected chi connectivity index (χ2v) is 4.52. The standard InChI is InChI=1S/C10H11BrFNO2/c1-15-9-7(10(14)4-13-5-10)2-6(11)3-8(9)12/h2-3,13-14H,4-5H2,1H3. The summed E-state index contributed by atoms with van der Waals surface area (Å²) in [7, 11) is 1.39. The van der Waals surface area contributed by atoms with Crippen LogP contribution in [0.25, 0.3) is 0 Å². The molecule has 1 aliphatic rings. The predicted octanol–water partition coefficient (Wildman–Crippen LogP) is 1.39. The Morgan fingerprint density at radius 2 is 2.20 bits per heavy atom. The van der Waals surface area contributed by atoms with Crippen LogP contribution in [0.15, 0.2) is 16.6 Å². The summed E-state index contributed by atoms with van der Waals surface area (Å²) in [4.78, 5) is 0. The fourth-order valence-corrected chi connectivity index (χ4v) is 2.10. The lowest BCUT2D eigenvalue weighted by molar-refractivity contribution is -0.0169. The van der Waals surface area contributed by atoms with Gasteiger partial charge in [0.25, 0.3) is 0 Å². The second kappa shape index (κ2) is 3.73. The van der Waals surface area contributed by atoms with Crippen LogP contribution in [0.2, 0.25) is 0 Å². The van der Waals surface area contributed by atoms with E-state index in [4.69, 9.17) is 4.74 Å². The summed E-state index contributed by atoms with van der Waals surface area (Å²) in [6.07, 6.45) is 0. The third-order valence-corrected chi connectivity index (χ3v) is 3.01. The van der Waals surface area contributed by atoms with Crippen molar-refractivity contribution in [2.24, 2.45) is 0 Å². The Balaban J connectivity index is 2.53. The van der Waals surface area contributed by atoms with E-state index >= 15 is 0 Å². The van der Waals surface area contributed by atoms with Crippen molar-refractivity contribution in [3.8, 4) is 5.75 Å². The highest BCUT2D eigenvalue weighted by Crippen LogP contribution is 2.36. The third-order valence-electron chi connectivity index (χ3n) is 2.55. The highest BCUT2D eigenvalue weighted by atomic mass is 79.9. The molecular weight excluding hydrogens is 265 g/mol. The molecule has 0 atom stereocenters. The maximum absolute atomic E-state index is 13.5. The van der Waals surface area contributed by atoms with Crippen LogP contribution in [0, 0.1) is 5.82 Å². The van der Waals surface area contributed by atoms with Gasteiger partial charge in [-0.25, -0.2) is 4.39 Å². The summed E-state index contributed by atoms with van der Waals surface area (Å²) < 4.78 is 19.1. The van der Waals surface area contributed by atoms with Gasteiger partial charge in [0, 0.05) is 23.1 Å². The molecule has 0 bridgehead atoms. The molecule has 5 heteroatoms. The van der Waals surface area contributed by atoms with Gasteiger partial charge in [-0.1, -0.05) is 15.9 Å². The van der Waals surface area contributed by atoms with E-state index in [9.17, 15) is 9.50 Å². The minimum absolute atomic E-state index is 0.113. The summed E-state index contributed by atoms with van der Waals surface area (Å²) in [5.41, 5.74) is -0.536. The number of halogens is 2. The average molecular weight is 276 g/mol. The Labute approximate surface area is 95.4 Å². The molecule has 0 spiro atoms. The molecule has 15 heavy (non-hydrogen) atoms. The number of rotatable bonds is 2. The van der Waals surface area contributed by atoms with Crippen molar-refractivity contribution < 1.29 is 14.2 Å². The zero-order valence-corrected chi connectivity index (χ0v) is 9.77. The van der Waals surface area contributed by atoms with E-state index in [1.165, 1.54) is 13.2 Å². The molecule has 0 aliphatic carbocycles. The zero-order valence-electron chi connectivity index (χ0n) is 8.18. The van der Waals surface area contributed by atoms with E-state index in [1.54, 1.807) is 6.07 Å². The van der Waals surface area contributed by atoms with Gasteiger partial charge in [-0.15, -0.1) is 0 Å². The fourth-order valence-electron chi connectivity index (χ4n) is 1.67. The smallest absolute Gasteiger partial charge is 0.166 e. The Bertz CT molecular complexity index is 393. The van der Waals surface area contributed by atoms with Crippen LogP contribution in [0.1, 0.15) is 5.56 Å². The first-order chi connectivity index (χ1) is 7.07. The molecular formula is C10H11BrFNO2. The minimum Gasteiger partial charge on any atom is -0.493 e. The van der Waals surface area contributed by atoms with Gasteiger partial charge in [0.1, 0.15) is 5.60 Å². The molecule has 0 radical (unpaired) electrons. The molecule has 2 rings (SSSR count). The summed E-state index contributed by atoms with van der Waals surface area (Å²) >= 11 is 3.19. The Morgan fingerprint density at radius 3 is 2.67 bits per heavy atom. The molecule has 1 heterocycles. The number of nitrogens with one attached hydrogen (secondary N) is 1. The minimum atomic E-state index is -1.02. The van der Waals surface area contributed by atoms with Crippen molar-refractivity contribution in [3.63, 3.8) is 0 Å². The Kier molecular flexibility index (Phi) is 2.70. The maximum atomic E-state index is 13.5. The quantitative estimate of drug-likeness (QED) is 0.857. The van der Waals surface area contributed by atoms with Crippen molar-refractivity contribution in [2.75, 3.05) is 20.2 Å². The van der Waals surface area contributed by atoms with Crippen LogP contribution in [-0.4, -0.2) is 25.3 Å². The monoisotopic (exact) mass is 275 g/mol. The number of benzene rings is 1. The largest absolute Gasteiger partial charge is 0.493 e. The van der Waals surface area contributed by atoms with Crippen LogP contribution in [0.4, 0.5) is 4.39 Å². The average Bonchev–Trinajstić information content (AvgIpc) is 2.13. The van der Waals surface area contributed by atoms with Gasteiger partial charge in [-0.05, 0) is 12.1 Å². The molecule has 0 saturated carbocycles. The van der Waals surface area contributed by atoms with E-state index in [-0.39, 0.29) is 5.75 Å². The van der Waals surface area contributed by atoms with Crippen LogP contribution in [-0.2, 0) is 5.60 Å². The number of hydrogen-bond acceptors (Lipinski definition) is 3. The van der Waals surface area contributed by atoms with Gasteiger partial charge in [-0.2, -0.15) is 0 Å². The van der Waals surface area contributed by atoms with Gasteiger partial charge >= 0.3 is 0 Å². The normalized spacial score (nSPS) is 18.4. The first-order valence-corrected chi connectivity index (χ1v) is 5.33. The zero-order chi connectivity index (χ0) is 11.1. The van der Waals surface area contributed by atoms with E-state index < -0.39 is 11.4 Å². The number of β-amino-alcohol motifs (C(OH)–C–C–N with tert-alkyl or cyclic N) is 1. The molecule has 0 amide bonds. The van der Waals surface area contributed by atoms with Gasteiger partial charge in [0.05, 0.1) is 7.11 Å². The van der Waals surface area contributed by atoms with Crippen LogP contribution >= 0.6 is 15.9 Å². The highest BCUT2D eigenvalue weighted by molar-refractivity contribution is 9.10. The number of ether oxygens (including phenoxy) is 1. The molecule has 82 valence electrons. The summed E-state index contributed by atoms with van der Waals surface area (Å²) in [5.74, 6) is -0.357. The van der Waals surface area contributed by atoms with E-state index in [1.807, 2.05) is 0 Å². The molecule has 2 N–H and O–H groups in total. The van der Waals surface area contributed by atoms with Gasteiger partial charge in [0.2, 0.25) is 0 Å². The van der Waals surface area contributed by atoms with Crippen molar-refractivity contribution in [1.82, 2.24) is 5.32 Å². The lowest BCUT2D eigenvalue weighted by Crippen LogP contribution is -2.56. The summed E-state index contributed by atoms with van der Waals surface area (Å²) in [6, 6.07) is 3.00. The topological polar surface area (TPSA) is 41.5 Å². The van der Waals surface area contributed by atoms with Crippen LogP contribution in [0.3, 0.4) is 0 Å². The first kappa shape index (κ1) is 10.9. The number of methoxy groups -OCH3 is 1. The van der Waals surface area contributed by atoms with E-state index in [2.05, 4.69) is 21.2 Å². The molecule has 1 saturated heterocycles. The lowest BCUT2D eigenvalue weighted by Gasteiger charge is -2.38. The number of aliphatic hydroxyl groups is 1. The molecule has 0 aromatic heterocycles. The van der Waals surface area contributed by atoms with Crippen LogP contribution in [0.5, 0.6) is 5.75 Å². The first-order valence-electron chi connectivity index (χ1n) is 4.53. The van der Waals surface area contributed by atoms with E-state index in [0.717, 1.165) is 0 Å². The predicted molar refractivity (Wildman–Crippen MR) is 57.4 cm³/mol. The molecule has 0 unspecified atom stereocenters. The van der Waals surface area contributed by atoms with Crippen molar-refractivity contribution in [1.29, 1.82) is 0 Å². The van der Waals surface area contributed by atoms with Crippen molar-refractivity contribution in [2.45, 2.75) is 5.60 Å². The molecule has 1 aromatic rings. The highest BCUT2D eigenvalue weighted by Gasteiger charge is 2.39. The Morgan fingerprint density at radius 1 is 1.53 bits per heavy atom. The SMILES string of the molecule is COc1c(F)cc(Br)cc1C1(O)CNC1. The molecule has 3 nitrogen and oxygen atoms in total. The second-order valence-electron chi connectivity index (χ2n) is 3.60. The van der Waals surface area contributed by atoms with Gasteiger partial charge in [0.15, 0.2) is 11.6 Å². The van der Waals surface area contributed by atoms with Crippen molar-refractivity contribution >= 4 is 15.9 Å². The third kappa shape index (κ3) is 1.75. The summed E-state index contributed by atoms with van der Waals surface area (Å²) in [5, 5.41) is 13.1. The van der Waals surface area contributed by atoms with Gasteiger partial charge < -0.3 is 15.2 Å². The maximum Gasteiger partial charge on any atom is 0.166 e. The van der Waals surface area contributed by atoms with Crippen molar-refractivity contribution in [3.05, 3.63) is 28.0 Å². The molecule has 1 aliphatic heterocycles. The molecule has 1 aromatic carbocycles. The van der Waals surface area contributed by atoms with Gasteiger partial charge in [-0.3, -0.25) is 0 Å².